The van der Waals surface area contributed by atoms with E-state index in [2.05, 4.69) is 24.0 Å². The molecule has 0 aromatic carbocycles. The summed E-state index contributed by atoms with van der Waals surface area (Å²) in [5.41, 5.74) is 0.237. The summed E-state index contributed by atoms with van der Waals surface area (Å²) in [7, 11) is 0. The van der Waals surface area contributed by atoms with Gasteiger partial charge in [0, 0.05) is 12.6 Å². The molecule has 3 heteroatoms. The second kappa shape index (κ2) is 7.70. The van der Waals surface area contributed by atoms with Gasteiger partial charge >= 0.3 is 0 Å². The summed E-state index contributed by atoms with van der Waals surface area (Å²) in [5.74, 6) is 4.56. The van der Waals surface area contributed by atoms with Gasteiger partial charge in [-0.1, -0.05) is 26.2 Å². The molecule has 3 aliphatic rings. The van der Waals surface area contributed by atoms with Gasteiger partial charge in [0.2, 0.25) is 0 Å². The fourth-order valence-corrected chi connectivity index (χ4v) is 5.71. The van der Waals surface area contributed by atoms with Crippen LogP contribution in [0.15, 0.2) is 0 Å². The van der Waals surface area contributed by atoms with Crippen molar-refractivity contribution in [2.45, 2.75) is 76.4 Å². The molecule has 1 N–H and O–H groups in total. The standard InChI is InChI=1S/C18H33NOS/c1-2-15-3-5-16(6-4-15)14-19-17-7-10-20-18(13-17)8-11-21-12-9-18/h15-17,19H,2-14H2,1H3. The van der Waals surface area contributed by atoms with E-state index in [0.717, 1.165) is 18.4 Å². The summed E-state index contributed by atoms with van der Waals surface area (Å²) in [4.78, 5) is 0. The number of nitrogens with one attached hydrogen (secondary N) is 1. The Bertz CT molecular complexity index is 303. The third kappa shape index (κ3) is 4.39. The highest BCUT2D eigenvalue weighted by Crippen LogP contribution is 2.37. The molecule has 1 saturated carbocycles. The summed E-state index contributed by atoms with van der Waals surface area (Å²) < 4.78 is 6.20. The monoisotopic (exact) mass is 311 g/mol. The predicted octanol–water partition coefficient (Wildman–Crippen LogP) is 4.24. The van der Waals surface area contributed by atoms with Crippen LogP contribution in [0.2, 0.25) is 0 Å². The fourth-order valence-electron chi connectivity index (χ4n) is 4.47. The zero-order valence-corrected chi connectivity index (χ0v) is 14.6. The van der Waals surface area contributed by atoms with Gasteiger partial charge in [-0.3, -0.25) is 0 Å². The Balaban J connectivity index is 1.41. The summed E-state index contributed by atoms with van der Waals surface area (Å²) >= 11 is 2.10. The van der Waals surface area contributed by atoms with Crippen molar-refractivity contribution < 1.29 is 4.74 Å². The van der Waals surface area contributed by atoms with Crippen molar-refractivity contribution in [1.29, 1.82) is 0 Å². The van der Waals surface area contributed by atoms with Crippen LogP contribution in [0, 0.1) is 11.8 Å². The second-order valence-corrected chi connectivity index (χ2v) is 8.76. The van der Waals surface area contributed by atoms with Gasteiger partial charge in [-0.25, -0.2) is 0 Å². The quantitative estimate of drug-likeness (QED) is 0.839. The van der Waals surface area contributed by atoms with Crippen molar-refractivity contribution in [1.82, 2.24) is 5.32 Å². The van der Waals surface area contributed by atoms with Crippen molar-refractivity contribution >= 4 is 11.8 Å². The minimum atomic E-state index is 0.237. The van der Waals surface area contributed by atoms with Crippen molar-refractivity contribution in [3.8, 4) is 0 Å². The molecule has 2 saturated heterocycles. The smallest absolute Gasteiger partial charge is 0.0713 e. The molecule has 0 aromatic heterocycles. The van der Waals surface area contributed by atoms with Gasteiger partial charge < -0.3 is 10.1 Å². The van der Waals surface area contributed by atoms with Crippen molar-refractivity contribution in [2.75, 3.05) is 24.7 Å². The van der Waals surface area contributed by atoms with E-state index in [0.29, 0.717) is 6.04 Å². The van der Waals surface area contributed by atoms with Crippen LogP contribution in [0.25, 0.3) is 0 Å². The Morgan fingerprint density at radius 1 is 1.05 bits per heavy atom. The first kappa shape index (κ1) is 16.1. The number of ether oxygens (including phenoxy) is 1. The lowest BCUT2D eigenvalue weighted by molar-refractivity contribution is -0.0935. The maximum Gasteiger partial charge on any atom is 0.0713 e. The molecule has 0 aromatic rings. The summed E-state index contributed by atoms with van der Waals surface area (Å²) in [5, 5.41) is 3.91. The van der Waals surface area contributed by atoms with Crippen LogP contribution >= 0.6 is 11.8 Å². The molecule has 3 fully saturated rings. The predicted molar refractivity (Wildman–Crippen MR) is 92.0 cm³/mol. The molecule has 3 rings (SSSR count). The van der Waals surface area contributed by atoms with Gasteiger partial charge in [0.1, 0.15) is 0 Å². The normalized spacial score (nSPS) is 36.7. The summed E-state index contributed by atoms with van der Waals surface area (Å²) in [6.07, 6.45) is 12.3. The van der Waals surface area contributed by atoms with E-state index in [1.165, 1.54) is 75.8 Å². The van der Waals surface area contributed by atoms with Gasteiger partial charge in [0.05, 0.1) is 5.60 Å². The zero-order valence-electron chi connectivity index (χ0n) is 13.7. The topological polar surface area (TPSA) is 21.3 Å². The Morgan fingerprint density at radius 3 is 2.48 bits per heavy atom. The average molecular weight is 312 g/mol. The van der Waals surface area contributed by atoms with Crippen molar-refractivity contribution in [2.24, 2.45) is 11.8 Å². The maximum absolute atomic E-state index is 6.20. The molecule has 1 spiro atoms. The van der Waals surface area contributed by atoms with Gasteiger partial charge in [-0.2, -0.15) is 11.8 Å². The first-order valence-corrected chi connectivity index (χ1v) is 10.4. The van der Waals surface area contributed by atoms with E-state index in [4.69, 9.17) is 4.74 Å². The lowest BCUT2D eigenvalue weighted by Gasteiger charge is -2.44. The first-order valence-electron chi connectivity index (χ1n) is 9.25. The number of rotatable bonds is 4. The highest BCUT2D eigenvalue weighted by molar-refractivity contribution is 7.99. The fraction of sp³-hybridized carbons (Fsp3) is 1.00. The molecule has 1 atom stereocenters. The molecule has 122 valence electrons. The highest BCUT2D eigenvalue weighted by atomic mass is 32.2. The molecule has 0 radical (unpaired) electrons. The third-order valence-corrected chi connectivity index (χ3v) is 7.12. The number of thioether (sulfide) groups is 1. The minimum absolute atomic E-state index is 0.237. The number of hydrogen-bond donors (Lipinski definition) is 1. The van der Waals surface area contributed by atoms with Gasteiger partial charge in [-0.05, 0) is 68.4 Å². The van der Waals surface area contributed by atoms with Crippen molar-refractivity contribution in [3.63, 3.8) is 0 Å². The molecule has 1 aliphatic carbocycles. The number of hydrogen-bond acceptors (Lipinski definition) is 3. The lowest BCUT2D eigenvalue weighted by Crippen LogP contribution is -2.49. The molecular formula is C18H33NOS. The molecule has 21 heavy (non-hydrogen) atoms. The van der Waals surface area contributed by atoms with E-state index in [-0.39, 0.29) is 5.60 Å². The maximum atomic E-state index is 6.20. The lowest BCUT2D eigenvalue weighted by atomic mass is 9.80. The van der Waals surface area contributed by atoms with Crippen LogP contribution < -0.4 is 5.32 Å². The van der Waals surface area contributed by atoms with E-state index >= 15 is 0 Å². The van der Waals surface area contributed by atoms with Crippen LogP contribution in [0.5, 0.6) is 0 Å². The van der Waals surface area contributed by atoms with Crippen LogP contribution in [0.4, 0.5) is 0 Å². The van der Waals surface area contributed by atoms with Gasteiger partial charge in [0.25, 0.3) is 0 Å². The van der Waals surface area contributed by atoms with Gasteiger partial charge in [-0.15, -0.1) is 0 Å². The second-order valence-electron chi connectivity index (χ2n) is 7.54. The third-order valence-electron chi connectivity index (χ3n) is 6.14. The first-order chi connectivity index (χ1) is 10.3. The molecule has 0 amide bonds. The van der Waals surface area contributed by atoms with Crippen LogP contribution in [-0.4, -0.2) is 36.3 Å². The average Bonchev–Trinajstić information content (AvgIpc) is 2.54. The largest absolute Gasteiger partial charge is 0.375 e. The van der Waals surface area contributed by atoms with Crippen LogP contribution in [-0.2, 0) is 4.74 Å². The molecule has 2 nitrogen and oxygen atoms in total. The molecule has 0 bridgehead atoms. The Kier molecular flexibility index (Phi) is 5.92. The molecule has 2 aliphatic heterocycles. The van der Waals surface area contributed by atoms with E-state index in [1.54, 1.807) is 0 Å². The Labute approximate surface area is 135 Å². The van der Waals surface area contributed by atoms with E-state index in [9.17, 15) is 0 Å². The summed E-state index contributed by atoms with van der Waals surface area (Å²) in [6.45, 7) is 4.59. The molecular weight excluding hydrogens is 278 g/mol. The Morgan fingerprint density at radius 2 is 1.76 bits per heavy atom. The zero-order chi connectivity index (χ0) is 14.5. The molecule has 1 unspecified atom stereocenters. The Hall–Kier alpha value is 0.270. The molecule has 2 heterocycles. The summed E-state index contributed by atoms with van der Waals surface area (Å²) in [6, 6.07) is 0.714. The van der Waals surface area contributed by atoms with Crippen LogP contribution in [0.1, 0.15) is 64.7 Å². The van der Waals surface area contributed by atoms with Gasteiger partial charge in [0.15, 0.2) is 0 Å². The highest BCUT2D eigenvalue weighted by Gasteiger charge is 2.38. The van der Waals surface area contributed by atoms with Crippen LogP contribution in [0.3, 0.4) is 0 Å². The van der Waals surface area contributed by atoms with Crippen molar-refractivity contribution in [3.05, 3.63) is 0 Å². The van der Waals surface area contributed by atoms with E-state index in [1.807, 2.05) is 0 Å². The minimum Gasteiger partial charge on any atom is -0.375 e. The SMILES string of the molecule is CCC1CCC(CNC2CCOC3(CCSCC3)C2)CC1. The van der Waals surface area contributed by atoms with E-state index < -0.39 is 0 Å².